The second kappa shape index (κ2) is 24.9. The normalized spacial score (nSPS) is 15.1. The van der Waals surface area contributed by atoms with Crippen LogP contribution in [0.3, 0.4) is 0 Å². The first-order valence-corrected chi connectivity index (χ1v) is 21.9. The van der Waals surface area contributed by atoms with Crippen molar-refractivity contribution in [2.45, 2.75) is 141 Å². The molecule has 5 amide bonds. The molecule has 0 radical (unpaired) electrons. The molecule has 1 aromatic heterocycles. The summed E-state index contributed by atoms with van der Waals surface area (Å²) in [5, 5.41) is 25.6. The number of alkyl halides is 6. The van der Waals surface area contributed by atoms with E-state index in [1.807, 2.05) is 0 Å². The summed E-state index contributed by atoms with van der Waals surface area (Å²) in [6, 6.07) is -1.27. The maximum atomic E-state index is 14.6. The molecule has 5 N–H and O–H groups in total. The number of hydrogen-bond donors (Lipinski definition) is 4. The van der Waals surface area contributed by atoms with Crippen LogP contribution in [-0.2, 0) is 44.7 Å². The number of amides is 5. The van der Waals surface area contributed by atoms with Crippen LogP contribution < -0.4 is 16.4 Å². The number of rotatable bonds is 24. The molecule has 23 heteroatoms. The van der Waals surface area contributed by atoms with Gasteiger partial charge in [0.05, 0.1) is 18.5 Å². The molecule has 0 spiro atoms. The lowest BCUT2D eigenvalue weighted by Crippen LogP contribution is -2.60. The zero-order valence-electron chi connectivity index (χ0n) is 38.0. The molecule has 2 aromatic rings. The summed E-state index contributed by atoms with van der Waals surface area (Å²) in [6.07, 6.45) is -16.7. The van der Waals surface area contributed by atoms with E-state index in [0.29, 0.717) is 15.8 Å². The number of carboxylic acids is 1. The number of nitrogens with zero attached hydrogens (tertiary/aromatic N) is 4. The molecule has 368 valence electrons. The number of likely N-dealkylation sites (N-methyl/N-ethyl adjacent to an activating group) is 3. The minimum absolute atomic E-state index is 0.0546. The van der Waals surface area contributed by atoms with Gasteiger partial charge in [-0.2, -0.15) is 31.6 Å². The van der Waals surface area contributed by atoms with Crippen LogP contribution in [0.5, 0.6) is 0 Å². The Hall–Kier alpha value is -5.50. The highest BCUT2D eigenvalue weighted by molar-refractivity contribution is 7.17. The number of fused-ring (bicyclic) bond motifs is 1. The number of benzene rings is 1. The summed E-state index contributed by atoms with van der Waals surface area (Å²) in [4.78, 5) is 97.1. The van der Waals surface area contributed by atoms with E-state index in [4.69, 9.17) is 15.7 Å². The molecule has 0 unspecified atom stereocenters. The van der Waals surface area contributed by atoms with Crippen molar-refractivity contribution in [3.05, 3.63) is 35.2 Å². The van der Waals surface area contributed by atoms with Crippen molar-refractivity contribution in [3.8, 4) is 6.07 Å². The lowest BCUT2D eigenvalue weighted by molar-refractivity contribution is -0.169. The van der Waals surface area contributed by atoms with E-state index in [-0.39, 0.29) is 37.5 Å². The molecule has 0 saturated heterocycles. The average Bonchev–Trinajstić information content (AvgIpc) is 3.63. The minimum Gasteiger partial charge on any atom is -0.479 e. The zero-order valence-corrected chi connectivity index (χ0v) is 38.8. The van der Waals surface area contributed by atoms with Gasteiger partial charge < -0.3 is 40.9 Å². The number of nitrogens with one attached hydrogen (secondary N) is 2. The molecule has 66 heavy (non-hydrogen) atoms. The van der Waals surface area contributed by atoms with Gasteiger partial charge in [0, 0.05) is 51.5 Å². The van der Waals surface area contributed by atoms with Crippen molar-refractivity contribution in [2.24, 2.45) is 17.6 Å². The van der Waals surface area contributed by atoms with Crippen LogP contribution in [0, 0.1) is 23.2 Å². The fourth-order valence-corrected chi connectivity index (χ4v) is 7.88. The number of halogens is 6. The smallest absolute Gasteiger partial charge is 0.391 e. The third kappa shape index (κ3) is 17.4. The van der Waals surface area contributed by atoms with E-state index >= 15 is 0 Å². The van der Waals surface area contributed by atoms with E-state index in [1.54, 1.807) is 63.4 Å². The molecule has 0 aliphatic rings. The summed E-state index contributed by atoms with van der Waals surface area (Å²) < 4.78 is 86.3. The molecule has 0 aliphatic heterocycles. The lowest BCUT2D eigenvalue weighted by Gasteiger charge is -2.35. The molecule has 1 aromatic carbocycles. The van der Waals surface area contributed by atoms with Gasteiger partial charge in [-0.3, -0.25) is 24.0 Å². The van der Waals surface area contributed by atoms with Crippen LogP contribution in [0.25, 0.3) is 10.1 Å². The number of carbonyl (C=O) groups excluding carboxylic acids is 6. The highest BCUT2D eigenvalue weighted by Gasteiger charge is 2.41. The van der Waals surface area contributed by atoms with Gasteiger partial charge in [0.1, 0.15) is 30.2 Å². The van der Waals surface area contributed by atoms with Crippen molar-refractivity contribution in [1.29, 1.82) is 5.26 Å². The number of carboxylic acid groups (broad SMARTS) is 1. The molecule has 2 rings (SSSR count). The van der Waals surface area contributed by atoms with Gasteiger partial charge >= 0.3 is 24.3 Å². The number of thiophene rings is 1. The van der Waals surface area contributed by atoms with Crippen molar-refractivity contribution in [3.63, 3.8) is 0 Å². The maximum Gasteiger partial charge on any atom is 0.391 e. The van der Waals surface area contributed by atoms with Crippen LogP contribution >= 0.6 is 11.3 Å². The molecule has 0 saturated carbocycles. The Balaban J connectivity index is 2.61. The number of carbonyl (C=O) groups is 7. The zero-order chi connectivity index (χ0) is 50.4. The molecule has 0 fully saturated rings. The van der Waals surface area contributed by atoms with Crippen LogP contribution in [0.15, 0.2) is 29.6 Å². The van der Waals surface area contributed by atoms with Crippen LogP contribution in [-0.4, -0.2) is 137 Å². The van der Waals surface area contributed by atoms with Gasteiger partial charge in [0.25, 0.3) is 0 Å². The van der Waals surface area contributed by atoms with E-state index < -0.39 is 122 Å². The number of ether oxygens (including phenoxy) is 1. The van der Waals surface area contributed by atoms with Crippen molar-refractivity contribution in [2.75, 3.05) is 21.1 Å². The predicted octanol–water partition coefficient (Wildman–Crippen LogP) is 4.93. The second-order valence-corrected chi connectivity index (χ2v) is 17.8. The van der Waals surface area contributed by atoms with Gasteiger partial charge in [-0.25, -0.2) is 9.59 Å². The van der Waals surface area contributed by atoms with Crippen molar-refractivity contribution < 1.29 is 69.7 Å². The average molecular weight is 964 g/mol. The van der Waals surface area contributed by atoms with Gasteiger partial charge in [-0.05, 0) is 60.4 Å². The number of nitriles is 1. The Labute approximate surface area is 383 Å². The van der Waals surface area contributed by atoms with Crippen LogP contribution in [0.2, 0.25) is 0 Å². The molecule has 0 bridgehead atoms. The Morgan fingerprint density at radius 2 is 1.33 bits per heavy atom. The Bertz CT molecular complexity index is 2060. The van der Waals surface area contributed by atoms with E-state index in [2.05, 4.69) is 10.6 Å². The predicted molar refractivity (Wildman–Crippen MR) is 230 cm³/mol. The summed E-state index contributed by atoms with van der Waals surface area (Å²) >= 11 is 1.30. The van der Waals surface area contributed by atoms with E-state index in [1.165, 1.54) is 18.4 Å². The summed E-state index contributed by atoms with van der Waals surface area (Å²) in [5.41, 5.74) is 6.12. The first-order valence-electron chi connectivity index (χ1n) is 21.0. The Morgan fingerprint density at radius 3 is 1.88 bits per heavy atom. The molecular formula is C43H59F6N7O9S. The molecule has 0 aliphatic carbocycles. The van der Waals surface area contributed by atoms with Crippen LogP contribution in [0.1, 0.15) is 85.1 Å². The second-order valence-electron chi connectivity index (χ2n) is 16.9. The third-order valence-corrected chi connectivity index (χ3v) is 11.7. The number of aliphatic carboxylic acids is 1. The topological polar surface area (TPSA) is 233 Å². The lowest BCUT2D eigenvalue weighted by atomic mass is 9.97. The largest absolute Gasteiger partial charge is 0.479 e. The Kier molecular flexibility index (Phi) is 21.3. The Morgan fingerprint density at radius 1 is 0.788 bits per heavy atom. The van der Waals surface area contributed by atoms with Gasteiger partial charge in [0.15, 0.2) is 6.10 Å². The number of esters is 1. The quantitative estimate of drug-likeness (QED) is 0.0814. The van der Waals surface area contributed by atoms with Gasteiger partial charge in [-0.15, -0.1) is 11.3 Å². The highest BCUT2D eigenvalue weighted by Crippen LogP contribution is 2.29. The fraction of sp³-hybridized carbons (Fsp3) is 0.628. The molecule has 7 atom stereocenters. The molecular weight excluding hydrogens is 905 g/mol. The molecule has 16 nitrogen and oxygen atoms in total. The monoisotopic (exact) mass is 963 g/mol. The highest BCUT2D eigenvalue weighted by atomic mass is 32.1. The molecule has 1 heterocycles. The van der Waals surface area contributed by atoms with Gasteiger partial charge in [-0.1, -0.05) is 45.9 Å². The minimum atomic E-state index is -4.83. The van der Waals surface area contributed by atoms with Gasteiger partial charge in [0.2, 0.25) is 29.5 Å². The number of hydrogen-bond acceptors (Lipinski definition) is 11. The van der Waals surface area contributed by atoms with E-state index in [9.17, 15) is 65.0 Å². The number of nitrogens with two attached hydrogens (primary N) is 1. The SMILES string of the molecule is CC(C)C[C@H](NC(=O)[C@H](CC(C)C)N(C)C(=O)[C@@H](N)CC(F)(F)F)C(=O)N(C)[C@@H](Cc1csc2ccccc12)C(=O)N[C@@H](CCC(F)(F)F)C(=O)N(C)[C@@H](C)C(=O)O[C@H](CCC#N)C(=O)O. The summed E-state index contributed by atoms with van der Waals surface area (Å²) in [5.74, 6) is -8.73. The first-order chi connectivity index (χ1) is 30.5. The standard InChI is InChI=1S/C43H59F6N7O9S/c1-23(2)18-30(53-35(57)31(19-24(3)4)55(7)37(59)28(51)21-43(47,48)49)39(61)56(8)32(20-26-22-66-34-14-10-9-12-27(26)34)36(58)52-29(15-16-42(44,45)46)38(60)54(6)25(5)41(64)65-33(40(62)63)13-11-17-50/h9-10,12,14,22-25,28-33H,11,13,15-16,18-21,51H2,1-8H3,(H,52,58)(H,53,57)(H,62,63)/t25-,28-,29-,30-,31-,32-,33+/m0/s1. The fourth-order valence-electron chi connectivity index (χ4n) is 6.90. The third-order valence-electron chi connectivity index (χ3n) is 10.6. The van der Waals surface area contributed by atoms with E-state index in [0.717, 1.165) is 35.5 Å². The van der Waals surface area contributed by atoms with Crippen molar-refractivity contribution in [1.82, 2.24) is 25.3 Å². The van der Waals surface area contributed by atoms with Crippen LogP contribution in [0.4, 0.5) is 26.3 Å². The first kappa shape index (κ1) is 56.6. The maximum absolute atomic E-state index is 14.6. The summed E-state index contributed by atoms with van der Waals surface area (Å²) in [7, 11) is 3.35. The summed E-state index contributed by atoms with van der Waals surface area (Å²) in [6.45, 7) is 7.93. The van der Waals surface area contributed by atoms with Crippen molar-refractivity contribution >= 4 is 62.9 Å².